The van der Waals surface area contributed by atoms with Crippen molar-refractivity contribution in [3.8, 4) is 11.3 Å². The summed E-state index contributed by atoms with van der Waals surface area (Å²) in [5.41, 5.74) is 3.68. The fourth-order valence-corrected chi connectivity index (χ4v) is 4.97. The Morgan fingerprint density at radius 3 is 2.32 bits per heavy atom. The van der Waals surface area contributed by atoms with Crippen LogP contribution < -0.4 is 4.57 Å². The van der Waals surface area contributed by atoms with Crippen LogP contribution >= 0.6 is 23.5 Å². The van der Waals surface area contributed by atoms with Gasteiger partial charge in [0, 0.05) is 19.6 Å². The minimum atomic E-state index is 1.15. The van der Waals surface area contributed by atoms with Crippen LogP contribution in [-0.2, 0) is 7.05 Å². The molecule has 4 heteroatoms. The van der Waals surface area contributed by atoms with Crippen molar-refractivity contribution in [1.29, 1.82) is 0 Å². The van der Waals surface area contributed by atoms with Crippen LogP contribution in [0.2, 0.25) is 0 Å². The van der Waals surface area contributed by atoms with Crippen LogP contribution in [0, 0.1) is 6.92 Å². The van der Waals surface area contributed by atoms with Crippen LogP contribution in [0.3, 0.4) is 0 Å². The molecule has 0 amide bonds. The largest absolute Gasteiger partial charge is 0.252 e. The molecule has 0 unspecified atom stereocenters. The minimum Gasteiger partial charge on any atom is -0.252 e. The molecule has 4 rings (SSSR count). The summed E-state index contributed by atoms with van der Waals surface area (Å²) in [7, 11) is 2.06. The lowest BCUT2D eigenvalue weighted by Crippen LogP contribution is -2.30. The molecule has 0 saturated heterocycles. The molecule has 0 N–H and O–H groups in total. The van der Waals surface area contributed by atoms with Gasteiger partial charge in [0.1, 0.15) is 7.05 Å². The van der Waals surface area contributed by atoms with Crippen molar-refractivity contribution in [2.45, 2.75) is 26.5 Å². The predicted octanol–water partition coefficient (Wildman–Crippen LogP) is 4.50. The fraction of sp³-hybridized carbons (Fsp3) is 0.111. The number of fused-ring (bicyclic) bond motifs is 2. The van der Waals surface area contributed by atoms with E-state index < -0.39 is 0 Å². The molecule has 1 aliphatic rings. The molecule has 1 aliphatic heterocycles. The summed E-state index contributed by atoms with van der Waals surface area (Å²) in [5.74, 6) is 0. The Hall–Kier alpha value is -1.78. The van der Waals surface area contributed by atoms with Crippen LogP contribution in [0.15, 0.2) is 74.6 Å². The van der Waals surface area contributed by atoms with Crippen LogP contribution in [0.4, 0.5) is 0 Å². The van der Waals surface area contributed by atoms with Crippen molar-refractivity contribution in [3.63, 3.8) is 0 Å². The van der Waals surface area contributed by atoms with Crippen LogP contribution in [0.5, 0.6) is 0 Å². The van der Waals surface area contributed by atoms with Gasteiger partial charge in [0.05, 0.1) is 18.0 Å². The predicted molar refractivity (Wildman–Crippen MR) is 90.3 cm³/mol. The van der Waals surface area contributed by atoms with E-state index in [-0.39, 0.29) is 0 Å². The lowest BCUT2D eigenvalue weighted by Gasteiger charge is -2.19. The SMILES string of the molecule is Cc1cc2c(cc1-c1cncc[n+]1C)Sc1ccccc1S2. The number of hydrogen-bond acceptors (Lipinski definition) is 3. The maximum absolute atomic E-state index is 4.28. The summed E-state index contributed by atoms with van der Waals surface area (Å²) < 4.78 is 2.12. The van der Waals surface area contributed by atoms with E-state index in [2.05, 4.69) is 59.9 Å². The zero-order chi connectivity index (χ0) is 15.1. The van der Waals surface area contributed by atoms with Gasteiger partial charge in [-0.2, -0.15) is 4.57 Å². The highest BCUT2D eigenvalue weighted by Crippen LogP contribution is 2.49. The molecule has 0 bridgehead atoms. The summed E-state index contributed by atoms with van der Waals surface area (Å²) in [6.07, 6.45) is 5.74. The van der Waals surface area contributed by atoms with Gasteiger partial charge in [0.15, 0.2) is 6.20 Å². The lowest BCUT2D eigenvalue weighted by molar-refractivity contribution is -0.660. The first kappa shape index (κ1) is 13.9. The van der Waals surface area contributed by atoms with Crippen LogP contribution in [-0.4, -0.2) is 4.98 Å². The molecule has 2 heterocycles. The lowest BCUT2D eigenvalue weighted by atomic mass is 10.1. The zero-order valence-electron chi connectivity index (χ0n) is 12.4. The number of benzene rings is 2. The highest BCUT2D eigenvalue weighted by atomic mass is 32.2. The van der Waals surface area contributed by atoms with Gasteiger partial charge in [-0.3, -0.25) is 4.98 Å². The number of aryl methyl sites for hydroxylation is 2. The van der Waals surface area contributed by atoms with Crippen molar-refractivity contribution in [2.24, 2.45) is 7.05 Å². The van der Waals surface area contributed by atoms with Gasteiger partial charge in [-0.25, -0.2) is 0 Å². The summed E-state index contributed by atoms with van der Waals surface area (Å²) in [5, 5.41) is 0. The third-order valence-corrected chi connectivity index (χ3v) is 6.33. The Balaban J connectivity index is 1.84. The Morgan fingerprint density at radius 1 is 0.955 bits per heavy atom. The molecule has 0 saturated carbocycles. The summed E-state index contributed by atoms with van der Waals surface area (Å²) >= 11 is 3.72. The minimum absolute atomic E-state index is 1.15. The average Bonchev–Trinajstić information content (AvgIpc) is 2.53. The average molecular weight is 323 g/mol. The van der Waals surface area contributed by atoms with Crippen molar-refractivity contribution in [2.75, 3.05) is 0 Å². The molecule has 22 heavy (non-hydrogen) atoms. The highest BCUT2D eigenvalue weighted by Gasteiger charge is 2.21. The second-order valence-electron chi connectivity index (χ2n) is 5.34. The molecule has 108 valence electrons. The monoisotopic (exact) mass is 323 g/mol. The second kappa shape index (κ2) is 5.45. The maximum Gasteiger partial charge on any atom is 0.231 e. The molecule has 0 spiro atoms. The van der Waals surface area contributed by atoms with E-state index in [1.54, 1.807) is 0 Å². The van der Waals surface area contributed by atoms with Gasteiger partial charge in [0.25, 0.3) is 0 Å². The number of nitrogens with zero attached hydrogens (tertiary/aromatic N) is 2. The van der Waals surface area contributed by atoms with Crippen LogP contribution in [0.25, 0.3) is 11.3 Å². The molecular weight excluding hydrogens is 308 g/mol. The molecule has 0 aliphatic carbocycles. The van der Waals surface area contributed by atoms with Crippen LogP contribution in [0.1, 0.15) is 5.56 Å². The molecule has 3 aromatic rings. The summed E-state index contributed by atoms with van der Waals surface area (Å²) in [4.78, 5) is 9.63. The molecule has 1 aromatic heterocycles. The maximum atomic E-state index is 4.28. The molecule has 0 radical (unpaired) electrons. The third kappa shape index (κ3) is 2.32. The first-order valence-electron chi connectivity index (χ1n) is 7.12. The normalized spacial score (nSPS) is 12.6. The Morgan fingerprint density at radius 2 is 1.64 bits per heavy atom. The standard InChI is InChI=1S/C18H15N2S2/c1-12-9-17-18(22-16-6-4-3-5-15(16)21-17)10-13(12)14-11-19-7-8-20(14)2/h3-11H,1-2H3/q+1. The van der Waals surface area contributed by atoms with Crippen molar-refractivity contribution in [1.82, 2.24) is 4.98 Å². The fourth-order valence-electron chi connectivity index (χ4n) is 2.64. The Bertz CT molecular complexity index is 875. The number of rotatable bonds is 1. The number of hydrogen-bond donors (Lipinski definition) is 0. The summed E-state index contributed by atoms with van der Waals surface area (Å²) in [6, 6.07) is 13.2. The molecule has 0 fully saturated rings. The first-order valence-corrected chi connectivity index (χ1v) is 8.75. The van der Waals surface area contributed by atoms with Gasteiger partial charge in [0.2, 0.25) is 5.69 Å². The van der Waals surface area contributed by atoms with E-state index >= 15 is 0 Å². The van der Waals surface area contributed by atoms with E-state index in [0.29, 0.717) is 0 Å². The van der Waals surface area contributed by atoms with Gasteiger partial charge in [-0.1, -0.05) is 35.7 Å². The van der Waals surface area contributed by atoms with Gasteiger partial charge in [-0.15, -0.1) is 0 Å². The molecule has 0 atom stereocenters. The number of aromatic nitrogens is 2. The zero-order valence-corrected chi connectivity index (χ0v) is 14.0. The van der Waals surface area contributed by atoms with E-state index in [9.17, 15) is 0 Å². The first-order chi connectivity index (χ1) is 10.7. The van der Waals surface area contributed by atoms with Crippen molar-refractivity contribution < 1.29 is 4.57 Å². The highest BCUT2D eigenvalue weighted by molar-refractivity contribution is 8.05. The smallest absolute Gasteiger partial charge is 0.231 e. The van der Waals surface area contributed by atoms with Gasteiger partial charge in [-0.05, 0) is 36.8 Å². The van der Waals surface area contributed by atoms with Crippen molar-refractivity contribution >= 4 is 23.5 Å². The van der Waals surface area contributed by atoms with E-state index in [4.69, 9.17) is 0 Å². The van der Waals surface area contributed by atoms with Gasteiger partial charge < -0.3 is 0 Å². The Labute approximate surface area is 138 Å². The molecule has 2 aromatic carbocycles. The topological polar surface area (TPSA) is 16.8 Å². The molecular formula is C18H15N2S2+. The summed E-state index contributed by atoms with van der Waals surface area (Å²) in [6.45, 7) is 2.17. The van der Waals surface area contributed by atoms with E-state index in [1.807, 2.05) is 42.1 Å². The second-order valence-corrected chi connectivity index (χ2v) is 7.50. The molecule has 2 nitrogen and oxygen atoms in total. The quantitative estimate of drug-likeness (QED) is 0.480. The van der Waals surface area contributed by atoms with Gasteiger partial charge >= 0.3 is 0 Å². The Kier molecular flexibility index (Phi) is 3.43. The van der Waals surface area contributed by atoms with Crippen molar-refractivity contribution in [3.05, 3.63) is 60.6 Å². The van der Waals surface area contributed by atoms with E-state index in [0.717, 1.165) is 5.69 Å². The van der Waals surface area contributed by atoms with E-state index in [1.165, 1.54) is 30.7 Å². The third-order valence-electron chi connectivity index (χ3n) is 3.81.